The minimum Gasteiger partial charge on any atom is -0.457 e. The second-order valence-corrected chi connectivity index (χ2v) is 5.68. The van der Waals surface area contributed by atoms with Crippen molar-refractivity contribution < 1.29 is 4.74 Å². The summed E-state index contributed by atoms with van der Waals surface area (Å²) in [4.78, 5) is 0. The molecule has 0 atom stereocenters. The van der Waals surface area contributed by atoms with Crippen LogP contribution in [-0.2, 0) is 0 Å². The van der Waals surface area contributed by atoms with Crippen LogP contribution in [0.25, 0.3) is 11.1 Å². The summed E-state index contributed by atoms with van der Waals surface area (Å²) in [6.07, 6.45) is 0. The van der Waals surface area contributed by atoms with Crippen LogP contribution in [0.3, 0.4) is 0 Å². The van der Waals surface area contributed by atoms with Gasteiger partial charge in [-0.1, -0.05) is 54.1 Å². The molecule has 0 N–H and O–H groups in total. The first-order valence-corrected chi connectivity index (χ1v) is 7.55. The second kappa shape index (κ2) is 6.07. The van der Waals surface area contributed by atoms with Gasteiger partial charge in [0.15, 0.2) is 0 Å². The Bertz CT molecular complexity index is 765. The number of benzene rings is 3. The molecule has 0 aliphatic heterocycles. The fourth-order valence-electron chi connectivity index (χ4n) is 2.98. The van der Waals surface area contributed by atoms with Crippen LogP contribution in [0.1, 0.15) is 16.7 Å². The zero-order chi connectivity index (χ0) is 15.5. The molecule has 22 heavy (non-hydrogen) atoms. The first-order chi connectivity index (χ1) is 10.6. The van der Waals surface area contributed by atoms with Crippen molar-refractivity contribution in [2.45, 2.75) is 20.8 Å². The van der Waals surface area contributed by atoms with E-state index in [0.29, 0.717) is 0 Å². The average Bonchev–Trinajstić information content (AvgIpc) is 2.49. The van der Waals surface area contributed by atoms with Gasteiger partial charge in [-0.15, -0.1) is 0 Å². The van der Waals surface area contributed by atoms with Crippen LogP contribution >= 0.6 is 0 Å². The van der Waals surface area contributed by atoms with E-state index >= 15 is 0 Å². The summed E-state index contributed by atoms with van der Waals surface area (Å²) in [6, 6.07) is 22.6. The summed E-state index contributed by atoms with van der Waals surface area (Å²) in [6.45, 7) is 6.46. The number of hydrogen-bond donors (Lipinski definition) is 0. The number of hydrogen-bond acceptors (Lipinski definition) is 1. The van der Waals surface area contributed by atoms with Gasteiger partial charge >= 0.3 is 0 Å². The van der Waals surface area contributed by atoms with Crippen molar-refractivity contribution in [2.75, 3.05) is 0 Å². The SMILES string of the molecule is Cc1cc(C)c(-c2ccccc2Oc2ccccc2)c(C)c1. The molecule has 0 heterocycles. The van der Waals surface area contributed by atoms with Gasteiger partial charge in [0.1, 0.15) is 11.5 Å². The predicted molar refractivity (Wildman–Crippen MR) is 92.6 cm³/mol. The van der Waals surface area contributed by atoms with Crippen molar-refractivity contribution in [1.82, 2.24) is 0 Å². The van der Waals surface area contributed by atoms with Crippen LogP contribution in [-0.4, -0.2) is 0 Å². The number of rotatable bonds is 3. The van der Waals surface area contributed by atoms with E-state index in [-0.39, 0.29) is 0 Å². The summed E-state index contributed by atoms with van der Waals surface area (Å²) in [5.74, 6) is 1.75. The van der Waals surface area contributed by atoms with Crippen LogP contribution in [0.2, 0.25) is 0 Å². The predicted octanol–water partition coefficient (Wildman–Crippen LogP) is 6.07. The van der Waals surface area contributed by atoms with Crippen molar-refractivity contribution >= 4 is 0 Å². The molecule has 3 aromatic carbocycles. The van der Waals surface area contributed by atoms with Gasteiger partial charge in [-0.05, 0) is 55.7 Å². The van der Waals surface area contributed by atoms with E-state index in [0.717, 1.165) is 17.1 Å². The van der Waals surface area contributed by atoms with E-state index in [1.165, 1.54) is 22.3 Å². The zero-order valence-corrected chi connectivity index (χ0v) is 13.3. The number of para-hydroxylation sites is 2. The second-order valence-electron chi connectivity index (χ2n) is 5.68. The molecule has 0 aliphatic carbocycles. The van der Waals surface area contributed by atoms with Crippen molar-refractivity contribution in [3.63, 3.8) is 0 Å². The lowest BCUT2D eigenvalue weighted by molar-refractivity contribution is 0.484. The molecule has 0 unspecified atom stereocenters. The van der Waals surface area contributed by atoms with Crippen molar-refractivity contribution in [3.05, 3.63) is 83.4 Å². The molecule has 0 fully saturated rings. The molecule has 3 rings (SSSR count). The van der Waals surface area contributed by atoms with Crippen LogP contribution in [0.5, 0.6) is 11.5 Å². The lowest BCUT2D eigenvalue weighted by atomic mass is 9.93. The lowest BCUT2D eigenvalue weighted by Crippen LogP contribution is -1.93. The third kappa shape index (κ3) is 2.89. The smallest absolute Gasteiger partial charge is 0.135 e. The van der Waals surface area contributed by atoms with Crippen molar-refractivity contribution in [1.29, 1.82) is 0 Å². The van der Waals surface area contributed by atoms with E-state index in [1.54, 1.807) is 0 Å². The molecule has 0 amide bonds. The molecule has 1 nitrogen and oxygen atoms in total. The first-order valence-electron chi connectivity index (χ1n) is 7.55. The summed E-state index contributed by atoms with van der Waals surface area (Å²) in [5.41, 5.74) is 6.25. The highest BCUT2D eigenvalue weighted by Crippen LogP contribution is 2.37. The normalized spacial score (nSPS) is 10.5. The van der Waals surface area contributed by atoms with E-state index in [1.807, 2.05) is 42.5 Å². The van der Waals surface area contributed by atoms with E-state index in [2.05, 4.69) is 45.0 Å². The number of aryl methyl sites for hydroxylation is 3. The fraction of sp³-hybridized carbons (Fsp3) is 0.143. The Morgan fingerprint density at radius 2 is 1.27 bits per heavy atom. The van der Waals surface area contributed by atoms with Crippen LogP contribution in [0, 0.1) is 20.8 Å². The van der Waals surface area contributed by atoms with E-state index in [9.17, 15) is 0 Å². The van der Waals surface area contributed by atoms with Crippen molar-refractivity contribution in [2.24, 2.45) is 0 Å². The molecule has 1 heteroatoms. The number of ether oxygens (including phenoxy) is 1. The lowest BCUT2D eigenvalue weighted by Gasteiger charge is -2.16. The quantitative estimate of drug-likeness (QED) is 0.568. The van der Waals surface area contributed by atoms with Crippen LogP contribution in [0.15, 0.2) is 66.7 Å². The molecule has 110 valence electrons. The molecule has 0 saturated heterocycles. The largest absolute Gasteiger partial charge is 0.457 e. The van der Waals surface area contributed by atoms with E-state index < -0.39 is 0 Å². The highest BCUT2D eigenvalue weighted by molar-refractivity contribution is 5.76. The highest BCUT2D eigenvalue weighted by Gasteiger charge is 2.12. The monoisotopic (exact) mass is 288 g/mol. The Labute approximate surface area is 132 Å². The van der Waals surface area contributed by atoms with Gasteiger partial charge in [-0.2, -0.15) is 0 Å². The summed E-state index contributed by atoms with van der Waals surface area (Å²) in [7, 11) is 0. The van der Waals surface area contributed by atoms with Gasteiger partial charge in [0, 0.05) is 5.56 Å². The van der Waals surface area contributed by atoms with Gasteiger partial charge in [0.2, 0.25) is 0 Å². The minimum atomic E-state index is 0.859. The highest BCUT2D eigenvalue weighted by atomic mass is 16.5. The van der Waals surface area contributed by atoms with Gasteiger partial charge in [-0.25, -0.2) is 0 Å². The van der Waals surface area contributed by atoms with Crippen LogP contribution in [0.4, 0.5) is 0 Å². The van der Waals surface area contributed by atoms with Gasteiger partial charge in [-0.3, -0.25) is 0 Å². The Morgan fingerprint density at radius 1 is 0.682 bits per heavy atom. The van der Waals surface area contributed by atoms with E-state index in [4.69, 9.17) is 4.74 Å². The summed E-state index contributed by atoms with van der Waals surface area (Å²) < 4.78 is 6.10. The Morgan fingerprint density at radius 3 is 1.95 bits per heavy atom. The van der Waals surface area contributed by atoms with Gasteiger partial charge < -0.3 is 4.74 Å². The molecule has 0 bridgehead atoms. The molecule has 0 aliphatic rings. The molecule has 0 radical (unpaired) electrons. The Kier molecular flexibility index (Phi) is 3.97. The Balaban J connectivity index is 2.09. The first kappa shape index (κ1) is 14.4. The molecular weight excluding hydrogens is 268 g/mol. The Hall–Kier alpha value is -2.54. The third-order valence-corrected chi connectivity index (χ3v) is 3.80. The minimum absolute atomic E-state index is 0.859. The molecule has 0 aromatic heterocycles. The average molecular weight is 288 g/mol. The topological polar surface area (TPSA) is 9.23 Å². The summed E-state index contributed by atoms with van der Waals surface area (Å²) >= 11 is 0. The van der Waals surface area contributed by atoms with Gasteiger partial charge in [0.25, 0.3) is 0 Å². The third-order valence-electron chi connectivity index (χ3n) is 3.80. The molecule has 0 spiro atoms. The van der Waals surface area contributed by atoms with Gasteiger partial charge in [0.05, 0.1) is 0 Å². The maximum atomic E-state index is 6.10. The fourth-order valence-corrected chi connectivity index (χ4v) is 2.98. The zero-order valence-electron chi connectivity index (χ0n) is 13.3. The molecule has 0 saturated carbocycles. The summed E-state index contributed by atoms with van der Waals surface area (Å²) in [5, 5.41) is 0. The molecular formula is C21H20O. The standard InChI is InChI=1S/C21H20O/c1-15-13-16(2)21(17(3)14-15)19-11-7-8-12-20(19)22-18-9-5-4-6-10-18/h4-14H,1-3H3. The molecule has 3 aromatic rings. The van der Waals surface area contributed by atoms with Crippen LogP contribution < -0.4 is 4.74 Å². The maximum Gasteiger partial charge on any atom is 0.135 e. The maximum absolute atomic E-state index is 6.10. The van der Waals surface area contributed by atoms with Crippen molar-refractivity contribution in [3.8, 4) is 22.6 Å².